The van der Waals surface area contributed by atoms with Gasteiger partial charge in [-0.2, -0.15) is 0 Å². The van der Waals surface area contributed by atoms with Crippen molar-refractivity contribution in [2.45, 2.75) is 45.2 Å². The Balaban J connectivity index is 0.00000200. The van der Waals surface area contributed by atoms with Crippen LogP contribution in [0.2, 0.25) is 0 Å². The summed E-state index contributed by atoms with van der Waals surface area (Å²) in [6.45, 7) is 4.92. The predicted octanol–water partition coefficient (Wildman–Crippen LogP) is 3.06. The first-order valence-corrected chi connectivity index (χ1v) is 7.31. The number of carbonyl (C=O) groups is 1. The van der Waals surface area contributed by atoms with Gasteiger partial charge in [-0.15, -0.1) is 12.4 Å². The number of amides is 1. The van der Waals surface area contributed by atoms with E-state index >= 15 is 0 Å². The number of hydrogen-bond donors (Lipinski definition) is 2. The largest absolute Gasteiger partial charge is 0.348 e. The van der Waals surface area contributed by atoms with Gasteiger partial charge in [0.25, 0.3) is 0 Å². The molecule has 1 aromatic rings. The normalized spacial score (nSPS) is 16.9. The fraction of sp³-hybridized carbons (Fsp3) is 0.562. The smallest absolute Gasteiger partial charge is 0.237 e. The summed E-state index contributed by atoms with van der Waals surface area (Å²) in [5, 5.41) is 6.44. The van der Waals surface area contributed by atoms with E-state index in [2.05, 4.69) is 29.7 Å². The molecule has 0 bridgehead atoms. The topological polar surface area (TPSA) is 41.1 Å². The van der Waals surface area contributed by atoms with E-state index in [1.807, 2.05) is 25.1 Å². The standard InChI is InChI=1S/C16H24N2O.ClH/c1-3-11-17-12(2)16(19)18-15(14-9-10-14)13-7-5-4-6-8-13;/h4-8,12,14-15,17H,3,9-11H2,1-2H3,(H,18,19);1H. The van der Waals surface area contributed by atoms with Crippen LogP contribution in [0.4, 0.5) is 0 Å². The van der Waals surface area contributed by atoms with Crippen LogP contribution in [0, 0.1) is 5.92 Å². The van der Waals surface area contributed by atoms with Gasteiger partial charge in [-0.3, -0.25) is 4.79 Å². The average molecular weight is 297 g/mol. The lowest BCUT2D eigenvalue weighted by molar-refractivity contribution is -0.123. The molecule has 2 unspecified atom stereocenters. The third kappa shape index (κ3) is 4.80. The van der Waals surface area contributed by atoms with Gasteiger partial charge in [0.2, 0.25) is 5.91 Å². The summed E-state index contributed by atoms with van der Waals surface area (Å²) in [6.07, 6.45) is 3.48. The summed E-state index contributed by atoms with van der Waals surface area (Å²) in [7, 11) is 0. The van der Waals surface area contributed by atoms with Crippen LogP contribution in [0.25, 0.3) is 0 Å². The second kappa shape index (κ2) is 8.28. The van der Waals surface area contributed by atoms with Crippen molar-refractivity contribution in [3.63, 3.8) is 0 Å². The molecule has 1 aliphatic rings. The van der Waals surface area contributed by atoms with E-state index in [-0.39, 0.29) is 30.4 Å². The van der Waals surface area contributed by atoms with E-state index in [0.29, 0.717) is 5.92 Å². The van der Waals surface area contributed by atoms with Gasteiger partial charge >= 0.3 is 0 Å². The number of rotatable bonds is 7. The minimum atomic E-state index is -0.120. The first kappa shape index (κ1) is 17.0. The maximum absolute atomic E-state index is 12.2. The van der Waals surface area contributed by atoms with Gasteiger partial charge < -0.3 is 10.6 Å². The molecule has 2 rings (SSSR count). The van der Waals surface area contributed by atoms with Crippen molar-refractivity contribution in [3.8, 4) is 0 Å². The molecule has 0 aromatic heterocycles. The zero-order chi connectivity index (χ0) is 13.7. The highest BCUT2D eigenvalue weighted by Crippen LogP contribution is 2.40. The van der Waals surface area contributed by atoms with Gasteiger partial charge in [-0.1, -0.05) is 37.3 Å². The van der Waals surface area contributed by atoms with E-state index in [0.717, 1.165) is 13.0 Å². The molecule has 3 nitrogen and oxygen atoms in total. The van der Waals surface area contributed by atoms with Crippen LogP contribution in [-0.2, 0) is 4.79 Å². The fourth-order valence-corrected chi connectivity index (χ4v) is 2.30. The minimum absolute atomic E-state index is 0. The molecule has 1 saturated carbocycles. The van der Waals surface area contributed by atoms with Crippen molar-refractivity contribution in [3.05, 3.63) is 35.9 Å². The maximum atomic E-state index is 12.2. The number of nitrogens with one attached hydrogen (secondary N) is 2. The zero-order valence-electron chi connectivity index (χ0n) is 12.3. The lowest BCUT2D eigenvalue weighted by Gasteiger charge is -2.22. The van der Waals surface area contributed by atoms with Crippen molar-refractivity contribution in [2.75, 3.05) is 6.54 Å². The molecule has 1 aliphatic carbocycles. The molecule has 2 N–H and O–H groups in total. The van der Waals surface area contributed by atoms with Crippen LogP contribution in [0.5, 0.6) is 0 Å². The predicted molar refractivity (Wildman–Crippen MR) is 85.1 cm³/mol. The van der Waals surface area contributed by atoms with Crippen LogP contribution >= 0.6 is 12.4 Å². The van der Waals surface area contributed by atoms with Gasteiger partial charge in [0.05, 0.1) is 12.1 Å². The van der Waals surface area contributed by atoms with Gasteiger partial charge in [0, 0.05) is 0 Å². The molecule has 0 heterocycles. The van der Waals surface area contributed by atoms with E-state index in [4.69, 9.17) is 0 Å². The molecule has 0 spiro atoms. The highest BCUT2D eigenvalue weighted by Gasteiger charge is 2.33. The van der Waals surface area contributed by atoms with Gasteiger partial charge in [-0.05, 0) is 44.2 Å². The molecule has 0 radical (unpaired) electrons. The summed E-state index contributed by atoms with van der Waals surface area (Å²) in [4.78, 5) is 12.2. The van der Waals surface area contributed by atoms with E-state index in [9.17, 15) is 4.79 Å². The van der Waals surface area contributed by atoms with Crippen LogP contribution in [-0.4, -0.2) is 18.5 Å². The Bertz CT molecular complexity index is 406. The Morgan fingerprint density at radius 3 is 2.50 bits per heavy atom. The van der Waals surface area contributed by atoms with Crippen molar-refractivity contribution in [1.82, 2.24) is 10.6 Å². The Labute approximate surface area is 127 Å². The van der Waals surface area contributed by atoms with E-state index < -0.39 is 0 Å². The van der Waals surface area contributed by atoms with Gasteiger partial charge in [0.15, 0.2) is 0 Å². The molecule has 0 saturated heterocycles. The highest BCUT2D eigenvalue weighted by molar-refractivity contribution is 5.85. The highest BCUT2D eigenvalue weighted by atomic mass is 35.5. The summed E-state index contributed by atoms with van der Waals surface area (Å²) in [5.41, 5.74) is 1.22. The first-order chi connectivity index (χ1) is 9.22. The zero-order valence-corrected chi connectivity index (χ0v) is 13.1. The number of halogens is 1. The summed E-state index contributed by atoms with van der Waals surface area (Å²) in [5.74, 6) is 0.721. The maximum Gasteiger partial charge on any atom is 0.237 e. The first-order valence-electron chi connectivity index (χ1n) is 7.31. The molecule has 2 atom stereocenters. The monoisotopic (exact) mass is 296 g/mol. The Hall–Kier alpha value is -1.06. The van der Waals surface area contributed by atoms with Crippen LogP contribution < -0.4 is 10.6 Å². The van der Waals surface area contributed by atoms with Crippen LogP contribution in [0.3, 0.4) is 0 Å². The number of hydrogen-bond acceptors (Lipinski definition) is 2. The molecule has 1 amide bonds. The third-order valence-electron chi connectivity index (χ3n) is 3.64. The summed E-state index contributed by atoms with van der Waals surface area (Å²) in [6, 6.07) is 10.4. The molecular weight excluding hydrogens is 272 g/mol. The average Bonchev–Trinajstić information content (AvgIpc) is 3.27. The van der Waals surface area contributed by atoms with Gasteiger partial charge in [-0.25, -0.2) is 0 Å². The molecule has 0 aliphatic heterocycles. The lowest BCUT2D eigenvalue weighted by Crippen LogP contribution is -2.44. The second-order valence-corrected chi connectivity index (χ2v) is 5.41. The molecule has 112 valence electrons. The van der Waals surface area contributed by atoms with Crippen molar-refractivity contribution < 1.29 is 4.79 Å². The third-order valence-corrected chi connectivity index (χ3v) is 3.64. The minimum Gasteiger partial charge on any atom is -0.348 e. The molecule has 1 aromatic carbocycles. The van der Waals surface area contributed by atoms with Crippen molar-refractivity contribution in [1.29, 1.82) is 0 Å². The molecule has 4 heteroatoms. The second-order valence-electron chi connectivity index (χ2n) is 5.41. The van der Waals surface area contributed by atoms with Crippen molar-refractivity contribution >= 4 is 18.3 Å². The Kier molecular flexibility index (Phi) is 7.03. The Morgan fingerprint density at radius 1 is 1.30 bits per heavy atom. The number of benzene rings is 1. The fourth-order valence-electron chi connectivity index (χ4n) is 2.30. The molecular formula is C16H25ClN2O. The van der Waals surface area contributed by atoms with E-state index in [1.54, 1.807) is 0 Å². The summed E-state index contributed by atoms with van der Waals surface area (Å²) < 4.78 is 0. The van der Waals surface area contributed by atoms with Gasteiger partial charge in [0.1, 0.15) is 0 Å². The number of carbonyl (C=O) groups excluding carboxylic acids is 1. The van der Waals surface area contributed by atoms with Crippen molar-refractivity contribution in [2.24, 2.45) is 5.92 Å². The Morgan fingerprint density at radius 2 is 1.95 bits per heavy atom. The van der Waals surface area contributed by atoms with Crippen LogP contribution in [0.1, 0.15) is 44.7 Å². The summed E-state index contributed by atoms with van der Waals surface area (Å²) >= 11 is 0. The molecule has 1 fully saturated rings. The SMILES string of the molecule is CCCNC(C)C(=O)NC(c1ccccc1)C1CC1.Cl. The molecule has 20 heavy (non-hydrogen) atoms. The van der Waals surface area contributed by atoms with Crippen LogP contribution in [0.15, 0.2) is 30.3 Å². The quantitative estimate of drug-likeness (QED) is 0.812. The lowest BCUT2D eigenvalue weighted by atomic mass is 10.0. The van der Waals surface area contributed by atoms with E-state index in [1.165, 1.54) is 18.4 Å².